The van der Waals surface area contributed by atoms with E-state index in [1.54, 1.807) is 36.5 Å². The minimum atomic E-state index is -0.759. The lowest BCUT2D eigenvalue weighted by atomic mass is 10.1. The molecule has 0 bridgehead atoms. The smallest absolute Gasteiger partial charge is 0.251 e. The fourth-order valence-electron chi connectivity index (χ4n) is 4.94. The number of amides is 2. The number of carbonyl (C=O) groups excluding carboxylic acids is 2. The molecule has 2 amide bonds. The van der Waals surface area contributed by atoms with Gasteiger partial charge >= 0.3 is 0 Å². The van der Waals surface area contributed by atoms with Gasteiger partial charge in [0.2, 0.25) is 5.91 Å². The molecule has 5 aromatic rings. The molecule has 0 spiro atoms. The number of hydrogen-bond donors (Lipinski definition) is 4. The van der Waals surface area contributed by atoms with Gasteiger partial charge in [0.05, 0.1) is 11.0 Å². The number of nitrogens with two attached hydrogens (primary N) is 3. The lowest BCUT2D eigenvalue weighted by Gasteiger charge is -2.19. The van der Waals surface area contributed by atoms with Crippen LogP contribution in [0.1, 0.15) is 34.9 Å². The molecular formula is C33H33FN8O2S. The Kier molecular flexibility index (Phi) is 10.1. The largest absolute Gasteiger partial charge is 0.370 e. The van der Waals surface area contributed by atoms with Crippen molar-refractivity contribution in [2.24, 2.45) is 22.2 Å². The summed E-state index contributed by atoms with van der Waals surface area (Å²) in [5.74, 6) is -0.593. The van der Waals surface area contributed by atoms with E-state index in [9.17, 15) is 14.0 Å². The third kappa shape index (κ3) is 8.03. The van der Waals surface area contributed by atoms with Gasteiger partial charge < -0.3 is 27.1 Å². The number of hydrogen-bond acceptors (Lipinski definition) is 6. The molecule has 0 radical (unpaired) electrons. The molecule has 230 valence electrons. The second-order valence-electron chi connectivity index (χ2n) is 10.3. The molecule has 7 N–H and O–H groups in total. The van der Waals surface area contributed by atoms with E-state index >= 15 is 0 Å². The highest BCUT2D eigenvalue weighted by Crippen LogP contribution is 2.35. The summed E-state index contributed by atoms with van der Waals surface area (Å²) in [6, 6.07) is 24.0. The number of primary amides is 1. The number of pyridine rings is 1. The number of nitrogens with zero attached hydrogens (tertiary/aromatic N) is 4. The van der Waals surface area contributed by atoms with Gasteiger partial charge in [-0.1, -0.05) is 30.0 Å². The number of rotatable bonds is 13. The lowest BCUT2D eigenvalue weighted by Crippen LogP contribution is -2.28. The minimum Gasteiger partial charge on any atom is -0.370 e. The Labute approximate surface area is 264 Å². The zero-order chi connectivity index (χ0) is 31.8. The van der Waals surface area contributed by atoms with E-state index in [0.717, 1.165) is 21.0 Å². The fraction of sp³-hybridized carbons (Fsp3) is 0.182. The molecule has 0 fully saturated rings. The topological polar surface area (TPSA) is 167 Å². The number of aliphatic imine (C=N–C) groups is 1. The first-order chi connectivity index (χ1) is 21.8. The minimum absolute atomic E-state index is 0.0271. The van der Waals surface area contributed by atoms with Crippen LogP contribution in [0.2, 0.25) is 0 Å². The van der Waals surface area contributed by atoms with E-state index in [4.69, 9.17) is 22.2 Å². The summed E-state index contributed by atoms with van der Waals surface area (Å²) < 4.78 is 15.3. The number of imidazole rings is 1. The summed E-state index contributed by atoms with van der Waals surface area (Å²) in [6.07, 6.45) is 3.18. The quantitative estimate of drug-likeness (QED) is 0.0853. The van der Waals surface area contributed by atoms with Gasteiger partial charge in [-0.15, -0.1) is 0 Å². The number of halogens is 1. The van der Waals surface area contributed by atoms with E-state index in [-0.39, 0.29) is 17.7 Å². The summed E-state index contributed by atoms with van der Waals surface area (Å²) >= 11 is 1.47. The number of fused-ring (bicyclic) bond motifs is 1. The first-order valence-corrected chi connectivity index (χ1v) is 15.2. The third-order valence-electron chi connectivity index (χ3n) is 7.06. The lowest BCUT2D eigenvalue weighted by molar-refractivity contribution is -0.121. The molecule has 0 unspecified atom stereocenters. The summed E-state index contributed by atoms with van der Waals surface area (Å²) in [7, 11) is 0. The first-order valence-electron chi connectivity index (χ1n) is 14.4. The summed E-state index contributed by atoms with van der Waals surface area (Å²) in [4.78, 5) is 40.9. The van der Waals surface area contributed by atoms with Gasteiger partial charge in [-0.2, -0.15) is 0 Å². The maximum absolute atomic E-state index is 13.5. The van der Waals surface area contributed by atoms with Crippen molar-refractivity contribution >= 4 is 40.6 Å². The summed E-state index contributed by atoms with van der Waals surface area (Å²) in [5.41, 5.74) is 20.2. The molecule has 0 saturated heterocycles. The molecule has 0 aliphatic heterocycles. The van der Waals surface area contributed by atoms with E-state index in [1.807, 2.05) is 47.0 Å². The molecule has 10 nitrogen and oxygen atoms in total. The predicted octanol–water partition coefficient (Wildman–Crippen LogP) is 4.44. The Morgan fingerprint density at radius 1 is 0.956 bits per heavy atom. The van der Waals surface area contributed by atoms with Crippen LogP contribution < -0.4 is 22.5 Å². The van der Waals surface area contributed by atoms with Crippen LogP contribution in [-0.2, 0) is 11.2 Å². The summed E-state index contributed by atoms with van der Waals surface area (Å²) in [6.45, 7) is 0.756. The average Bonchev–Trinajstić information content (AvgIpc) is 3.41. The van der Waals surface area contributed by atoms with Crippen LogP contribution in [0.25, 0.3) is 22.4 Å². The highest BCUT2D eigenvalue weighted by Gasteiger charge is 2.25. The van der Waals surface area contributed by atoms with Crippen LogP contribution in [0.5, 0.6) is 0 Å². The number of carbonyl (C=O) groups is 2. The monoisotopic (exact) mass is 624 g/mol. The van der Waals surface area contributed by atoms with Gasteiger partial charge in [-0.05, 0) is 79.6 Å². The van der Waals surface area contributed by atoms with Gasteiger partial charge in [0.25, 0.3) is 5.91 Å². The number of guanidine groups is 1. The van der Waals surface area contributed by atoms with Crippen LogP contribution >= 0.6 is 11.8 Å². The molecule has 2 heterocycles. The predicted molar refractivity (Wildman–Crippen MR) is 174 cm³/mol. The molecule has 1 atom stereocenters. The Morgan fingerprint density at radius 2 is 1.78 bits per heavy atom. The van der Waals surface area contributed by atoms with Crippen LogP contribution in [0.15, 0.2) is 106 Å². The van der Waals surface area contributed by atoms with Crippen molar-refractivity contribution in [3.63, 3.8) is 0 Å². The van der Waals surface area contributed by atoms with Crippen LogP contribution in [0, 0.1) is 5.82 Å². The Balaban J connectivity index is 1.49. The van der Waals surface area contributed by atoms with Crippen molar-refractivity contribution in [1.82, 2.24) is 19.9 Å². The van der Waals surface area contributed by atoms with E-state index in [1.165, 1.54) is 23.9 Å². The second-order valence-corrected chi connectivity index (χ2v) is 11.4. The molecule has 45 heavy (non-hydrogen) atoms. The van der Waals surface area contributed by atoms with Gasteiger partial charge in [-0.3, -0.25) is 19.6 Å². The van der Waals surface area contributed by atoms with Crippen molar-refractivity contribution in [2.45, 2.75) is 35.1 Å². The number of aromatic nitrogens is 3. The molecule has 0 saturated carbocycles. The third-order valence-corrected chi connectivity index (χ3v) is 8.05. The SMILES string of the molecule is NC(=O)[C@@H](CCCN=C(N)N)n1c(-c2cccc(Sc3ccc(F)cc3)c2)nc2cc(C(=O)NCCc3ccccn3)ccc21. The maximum atomic E-state index is 13.5. The normalized spacial score (nSPS) is 11.7. The van der Waals surface area contributed by atoms with E-state index in [2.05, 4.69) is 15.3 Å². The first kappa shape index (κ1) is 31.2. The molecule has 0 aliphatic rings. The zero-order valence-corrected chi connectivity index (χ0v) is 25.2. The Morgan fingerprint density at radius 3 is 2.51 bits per heavy atom. The molecule has 0 aliphatic carbocycles. The Hall–Kier alpha value is -5.23. The van der Waals surface area contributed by atoms with Crippen molar-refractivity contribution in [1.29, 1.82) is 0 Å². The van der Waals surface area contributed by atoms with Crippen molar-refractivity contribution < 1.29 is 14.0 Å². The highest BCUT2D eigenvalue weighted by molar-refractivity contribution is 7.99. The highest BCUT2D eigenvalue weighted by atomic mass is 32.2. The fourth-order valence-corrected chi connectivity index (χ4v) is 5.82. The van der Waals surface area contributed by atoms with Crippen LogP contribution in [-0.4, -0.2) is 45.4 Å². The Bertz CT molecular complexity index is 1820. The van der Waals surface area contributed by atoms with Crippen molar-refractivity contribution in [2.75, 3.05) is 13.1 Å². The van der Waals surface area contributed by atoms with Crippen molar-refractivity contribution in [3.8, 4) is 11.4 Å². The van der Waals surface area contributed by atoms with Gasteiger partial charge in [0, 0.05) is 52.3 Å². The van der Waals surface area contributed by atoms with Crippen LogP contribution in [0.3, 0.4) is 0 Å². The van der Waals surface area contributed by atoms with Crippen LogP contribution in [0.4, 0.5) is 4.39 Å². The van der Waals surface area contributed by atoms with E-state index < -0.39 is 11.9 Å². The second kappa shape index (κ2) is 14.5. The average molecular weight is 625 g/mol. The molecule has 3 aromatic carbocycles. The van der Waals surface area contributed by atoms with E-state index in [0.29, 0.717) is 54.8 Å². The van der Waals surface area contributed by atoms with Gasteiger partial charge in [0.1, 0.15) is 17.7 Å². The molecular weight excluding hydrogens is 591 g/mol. The van der Waals surface area contributed by atoms with Gasteiger partial charge in [-0.25, -0.2) is 9.37 Å². The number of benzene rings is 3. The maximum Gasteiger partial charge on any atom is 0.251 e. The molecule has 5 rings (SSSR count). The van der Waals surface area contributed by atoms with Crippen molar-refractivity contribution in [3.05, 3.63) is 108 Å². The number of nitrogens with one attached hydrogen (secondary N) is 1. The summed E-state index contributed by atoms with van der Waals surface area (Å²) in [5, 5.41) is 2.94. The molecule has 2 aromatic heterocycles. The zero-order valence-electron chi connectivity index (χ0n) is 24.4. The molecule has 12 heteroatoms. The van der Waals surface area contributed by atoms with Gasteiger partial charge in [0.15, 0.2) is 5.96 Å². The standard InChI is InChI=1S/C33H33FN8O2S/c34-23-10-12-25(13-11-23)45-26-7-3-5-21(19-26)31-41-27-20-22(32(44)39-18-15-24-6-1-2-16-38-24)9-14-28(27)42(31)29(30(35)43)8-4-17-40-33(36)37/h1-3,5-7,9-14,16,19-20,29H,4,8,15,17-18H2,(H2,35,43)(H,39,44)(H4,36,37,40)/t29-/m1/s1.